The Balaban J connectivity index is 1.73. The number of aromatic nitrogens is 1. The fourth-order valence-corrected chi connectivity index (χ4v) is 4.12. The summed E-state index contributed by atoms with van der Waals surface area (Å²) in [5.74, 6) is 0.295. The molecule has 0 aliphatic carbocycles. The summed E-state index contributed by atoms with van der Waals surface area (Å²) in [6, 6.07) is 15.1. The molecule has 3 aromatic heterocycles. The predicted molar refractivity (Wildman–Crippen MR) is 117 cm³/mol. The maximum atomic E-state index is 13.5. The van der Waals surface area contributed by atoms with Crippen molar-refractivity contribution in [2.24, 2.45) is 0 Å². The summed E-state index contributed by atoms with van der Waals surface area (Å²) in [6.45, 7) is 3.97. The number of rotatable bonds is 6. The molecule has 0 saturated carbocycles. The first-order valence-electron chi connectivity index (χ1n) is 9.39. The molecule has 0 aliphatic heterocycles. The van der Waals surface area contributed by atoms with Gasteiger partial charge in [0.15, 0.2) is 5.76 Å². The number of halogens is 1. The molecular formula is C23H20FN3O2S. The number of pyridine rings is 1. The Morgan fingerprint density at radius 1 is 1.13 bits per heavy atom. The third kappa shape index (κ3) is 4.41. The molecule has 0 aliphatic rings. The fourth-order valence-electron chi connectivity index (χ4n) is 3.18. The summed E-state index contributed by atoms with van der Waals surface area (Å²) in [5, 5.41) is 7.07. The minimum Gasteiger partial charge on any atom is -0.459 e. The van der Waals surface area contributed by atoms with E-state index >= 15 is 0 Å². The SMILES string of the molecule is Cc1ccnc(N[C@H](c2ccc(F)cc2)c2cc(C)sc2NC(=O)c2ccco2)c1. The van der Waals surface area contributed by atoms with Gasteiger partial charge in [-0.25, -0.2) is 9.37 Å². The summed E-state index contributed by atoms with van der Waals surface area (Å²) in [6.07, 6.45) is 3.19. The summed E-state index contributed by atoms with van der Waals surface area (Å²) in [7, 11) is 0. The standard InChI is InChI=1S/C23H20FN3O2S/c1-14-9-10-25-20(12-14)26-21(16-5-7-17(24)8-6-16)18-13-15(2)30-23(18)27-22(28)19-4-3-11-29-19/h3-13,21H,1-2H3,(H,25,26)(H,27,28)/t21-/m1/s1. The van der Waals surface area contributed by atoms with Crippen LogP contribution in [0.4, 0.5) is 15.2 Å². The predicted octanol–water partition coefficient (Wildman–Crippen LogP) is 5.95. The summed E-state index contributed by atoms with van der Waals surface area (Å²) in [4.78, 5) is 18.0. The van der Waals surface area contributed by atoms with Crippen molar-refractivity contribution in [1.82, 2.24) is 4.98 Å². The van der Waals surface area contributed by atoms with E-state index in [1.165, 1.54) is 29.7 Å². The van der Waals surface area contributed by atoms with Gasteiger partial charge in [0.25, 0.3) is 5.91 Å². The van der Waals surface area contributed by atoms with Crippen molar-refractivity contribution in [3.05, 3.63) is 100 Å². The largest absolute Gasteiger partial charge is 0.459 e. The van der Waals surface area contributed by atoms with Gasteiger partial charge in [0.2, 0.25) is 0 Å². The number of furan rings is 1. The number of nitrogens with one attached hydrogen (secondary N) is 2. The summed E-state index contributed by atoms with van der Waals surface area (Å²) >= 11 is 1.47. The molecule has 0 saturated heterocycles. The molecule has 4 rings (SSSR count). The highest BCUT2D eigenvalue weighted by Crippen LogP contribution is 2.37. The maximum Gasteiger partial charge on any atom is 0.291 e. The summed E-state index contributed by atoms with van der Waals surface area (Å²) < 4.78 is 18.8. The molecule has 0 fully saturated rings. The van der Waals surface area contributed by atoms with Gasteiger partial charge in [-0.05, 0) is 67.4 Å². The highest BCUT2D eigenvalue weighted by Gasteiger charge is 2.23. The van der Waals surface area contributed by atoms with Crippen molar-refractivity contribution >= 4 is 28.1 Å². The molecule has 0 unspecified atom stereocenters. The van der Waals surface area contributed by atoms with E-state index in [1.54, 1.807) is 30.5 Å². The molecule has 3 heterocycles. The van der Waals surface area contributed by atoms with Gasteiger partial charge in [-0.15, -0.1) is 11.3 Å². The number of hydrogen-bond donors (Lipinski definition) is 2. The van der Waals surface area contributed by atoms with Crippen LogP contribution in [0.3, 0.4) is 0 Å². The van der Waals surface area contributed by atoms with Gasteiger partial charge in [-0.3, -0.25) is 4.79 Å². The Labute approximate surface area is 177 Å². The number of hydrogen-bond acceptors (Lipinski definition) is 5. The van der Waals surface area contributed by atoms with Crippen molar-refractivity contribution < 1.29 is 13.6 Å². The van der Waals surface area contributed by atoms with Gasteiger partial charge in [0.1, 0.15) is 16.6 Å². The first-order valence-corrected chi connectivity index (χ1v) is 10.2. The monoisotopic (exact) mass is 421 g/mol. The number of aryl methyl sites for hydroxylation is 2. The molecule has 0 spiro atoms. The van der Waals surface area contributed by atoms with Gasteiger partial charge in [0.05, 0.1) is 12.3 Å². The molecule has 152 valence electrons. The van der Waals surface area contributed by atoms with Crippen LogP contribution in [0.5, 0.6) is 0 Å². The zero-order valence-corrected chi connectivity index (χ0v) is 17.3. The Hall–Kier alpha value is -3.45. The van der Waals surface area contributed by atoms with Gasteiger partial charge >= 0.3 is 0 Å². The Bertz CT molecular complexity index is 1150. The minimum atomic E-state index is -0.336. The first-order chi connectivity index (χ1) is 14.5. The maximum absolute atomic E-state index is 13.5. The Morgan fingerprint density at radius 3 is 2.63 bits per heavy atom. The lowest BCUT2D eigenvalue weighted by molar-refractivity contribution is 0.0997. The van der Waals surface area contributed by atoms with Crippen LogP contribution in [0.2, 0.25) is 0 Å². The fraction of sp³-hybridized carbons (Fsp3) is 0.130. The Morgan fingerprint density at radius 2 is 1.93 bits per heavy atom. The van der Waals surface area contributed by atoms with E-state index in [1.807, 2.05) is 32.0 Å². The minimum absolute atomic E-state index is 0.235. The smallest absolute Gasteiger partial charge is 0.291 e. The van der Waals surface area contributed by atoms with Crippen LogP contribution >= 0.6 is 11.3 Å². The number of benzene rings is 1. The van der Waals surface area contributed by atoms with Crippen LogP contribution in [-0.2, 0) is 0 Å². The zero-order chi connectivity index (χ0) is 21.1. The van der Waals surface area contributed by atoms with Crippen molar-refractivity contribution in [2.45, 2.75) is 19.9 Å². The molecule has 4 aromatic rings. The highest BCUT2D eigenvalue weighted by molar-refractivity contribution is 7.16. The number of anilines is 2. The zero-order valence-electron chi connectivity index (χ0n) is 16.5. The van der Waals surface area contributed by atoms with Crippen LogP contribution in [0.15, 0.2) is 71.5 Å². The van der Waals surface area contributed by atoms with Crippen LogP contribution in [-0.4, -0.2) is 10.9 Å². The van der Waals surface area contributed by atoms with Gasteiger partial charge in [0, 0.05) is 16.6 Å². The number of carbonyl (C=O) groups is 1. The molecule has 2 N–H and O–H groups in total. The lowest BCUT2D eigenvalue weighted by Gasteiger charge is -2.21. The van der Waals surface area contributed by atoms with E-state index in [0.29, 0.717) is 10.8 Å². The quantitative estimate of drug-likeness (QED) is 0.404. The number of carbonyl (C=O) groups excluding carboxylic acids is 1. The molecule has 0 bridgehead atoms. The molecule has 7 heteroatoms. The van der Waals surface area contributed by atoms with Crippen molar-refractivity contribution in [1.29, 1.82) is 0 Å². The van der Waals surface area contributed by atoms with E-state index in [0.717, 1.165) is 21.6 Å². The molecule has 5 nitrogen and oxygen atoms in total. The van der Waals surface area contributed by atoms with E-state index < -0.39 is 0 Å². The van der Waals surface area contributed by atoms with Crippen LogP contribution in [0.1, 0.15) is 38.2 Å². The van der Waals surface area contributed by atoms with Crippen LogP contribution < -0.4 is 10.6 Å². The van der Waals surface area contributed by atoms with E-state index in [9.17, 15) is 9.18 Å². The molecular weight excluding hydrogens is 401 g/mol. The van der Waals surface area contributed by atoms with Crippen molar-refractivity contribution in [2.75, 3.05) is 10.6 Å². The second kappa shape index (κ2) is 8.51. The summed E-state index contributed by atoms with van der Waals surface area (Å²) in [5.41, 5.74) is 2.79. The normalized spacial score (nSPS) is 11.8. The van der Waals surface area contributed by atoms with Gasteiger partial charge in [-0.1, -0.05) is 12.1 Å². The topological polar surface area (TPSA) is 67.2 Å². The van der Waals surface area contributed by atoms with Crippen molar-refractivity contribution in [3.8, 4) is 0 Å². The second-order valence-corrected chi connectivity index (χ2v) is 8.18. The number of nitrogens with zero attached hydrogens (tertiary/aromatic N) is 1. The van der Waals surface area contributed by atoms with E-state index in [2.05, 4.69) is 15.6 Å². The molecule has 30 heavy (non-hydrogen) atoms. The molecule has 0 radical (unpaired) electrons. The average molecular weight is 421 g/mol. The van der Waals surface area contributed by atoms with Gasteiger partial charge in [-0.2, -0.15) is 0 Å². The molecule has 1 atom stereocenters. The average Bonchev–Trinajstić information content (AvgIpc) is 3.37. The van der Waals surface area contributed by atoms with E-state index in [4.69, 9.17) is 4.42 Å². The molecule has 1 amide bonds. The third-order valence-electron chi connectivity index (χ3n) is 4.58. The van der Waals surface area contributed by atoms with Crippen LogP contribution in [0.25, 0.3) is 0 Å². The number of thiophene rings is 1. The number of amides is 1. The highest BCUT2D eigenvalue weighted by atomic mass is 32.1. The lowest BCUT2D eigenvalue weighted by Crippen LogP contribution is -2.17. The third-order valence-corrected chi connectivity index (χ3v) is 5.56. The Kier molecular flexibility index (Phi) is 5.63. The first kappa shape index (κ1) is 19.8. The van der Waals surface area contributed by atoms with Crippen molar-refractivity contribution in [3.63, 3.8) is 0 Å². The van der Waals surface area contributed by atoms with E-state index in [-0.39, 0.29) is 23.5 Å². The lowest BCUT2D eigenvalue weighted by atomic mass is 9.99. The van der Waals surface area contributed by atoms with Gasteiger partial charge < -0.3 is 15.1 Å². The van der Waals surface area contributed by atoms with Crippen LogP contribution in [0, 0.1) is 19.7 Å². The second-order valence-electron chi connectivity index (χ2n) is 6.92. The molecule has 1 aromatic carbocycles.